The summed E-state index contributed by atoms with van der Waals surface area (Å²) in [4.78, 5) is 0. The Labute approximate surface area is 49.0 Å². The summed E-state index contributed by atoms with van der Waals surface area (Å²) in [6.07, 6.45) is 3.74. The fraction of sp³-hybridized carbons (Fsp3) is 0. The molecule has 0 bridgehead atoms. The number of nitrogens with zero attached hydrogens (tertiary/aromatic N) is 1. The van der Waals surface area contributed by atoms with E-state index in [-0.39, 0.29) is 0 Å². The summed E-state index contributed by atoms with van der Waals surface area (Å²) < 4.78 is 1.31. The third kappa shape index (κ3) is 0.739. The maximum absolute atomic E-state index is 3.73. The molecule has 0 saturated heterocycles. The number of H-pyrrole nitrogens is 1. The summed E-state index contributed by atoms with van der Waals surface area (Å²) in [6, 6.07) is 0. The van der Waals surface area contributed by atoms with Crippen LogP contribution in [0.4, 0.5) is 0 Å². The molecule has 3 heteroatoms. The van der Waals surface area contributed by atoms with Crippen LogP contribution in [0.15, 0.2) is 12.4 Å². The van der Waals surface area contributed by atoms with E-state index in [0.717, 1.165) is 22.5 Å². The van der Waals surface area contributed by atoms with Crippen LogP contribution in [0.2, 0.25) is 0 Å². The number of rotatable bonds is 0. The van der Waals surface area contributed by atoms with Crippen molar-refractivity contribution in [3.63, 3.8) is 0 Å². The maximum atomic E-state index is 3.73. The van der Waals surface area contributed by atoms with Crippen molar-refractivity contribution in [1.29, 1.82) is 0 Å². The molecule has 0 aromatic carbocycles. The molecule has 1 aromatic heterocycles. The van der Waals surface area contributed by atoms with E-state index in [1.165, 1.54) is 3.58 Å². The van der Waals surface area contributed by atoms with E-state index >= 15 is 0 Å². The van der Waals surface area contributed by atoms with Crippen LogP contribution in [0, 0.1) is 0 Å². The van der Waals surface area contributed by atoms with Crippen molar-refractivity contribution in [2.45, 2.75) is 0 Å². The Kier molecular flexibility index (Phi) is 1.14. The zero-order valence-corrected chi connectivity index (χ0v) is 6.47. The average Bonchev–Trinajstić information content (AvgIpc) is 1.86. The van der Waals surface area contributed by atoms with Gasteiger partial charge in [-0.15, -0.1) is 0 Å². The molecule has 0 saturated carbocycles. The van der Waals surface area contributed by atoms with Gasteiger partial charge in [-0.25, -0.2) is 0 Å². The predicted octanol–water partition coefficient (Wildman–Crippen LogP) is -1.06. The van der Waals surface area contributed by atoms with Crippen molar-refractivity contribution in [2.75, 3.05) is 0 Å². The summed E-state index contributed by atoms with van der Waals surface area (Å²) in [5, 5.41) is 6.44. The molecule has 0 fully saturated rings. The number of nitrogens with one attached hydrogen (secondary N) is 1. The summed E-state index contributed by atoms with van der Waals surface area (Å²) in [5.74, 6) is 0. The van der Waals surface area contributed by atoms with E-state index in [1.54, 1.807) is 0 Å². The van der Waals surface area contributed by atoms with Gasteiger partial charge in [-0.3, -0.25) is 0 Å². The molecule has 0 aliphatic rings. The molecule has 6 heavy (non-hydrogen) atoms. The average molecular weight is 187 g/mol. The van der Waals surface area contributed by atoms with E-state index in [9.17, 15) is 0 Å². The van der Waals surface area contributed by atoms with Gasteiger partial charge in [-0.2, -0.15) is 0 Å². The fourth-order valence-electron chi connectivity index (χ4n) is 0.261. The van der Waals surface area contributed by atoms with Gasteiger partial charge < -0.3 is 0 Å². The molecule has 0 aliphatic carbocycles. The van der Waals surface area contributed by atoms with Gasteiger partial charge in [0.2, 0.25) is 0 Å². The van der Waals surface area contributed by atoms with Crippen LogP contribution in [0.5, 0.6) is 0 Å². The van der Waals surface area contributed by atoms with Crippen LogP contribution in [0.25, 0.3) is 0 Å². The first-order chi connectivity index (χ1) is 2.89. The Bertz CT molecular complexity index is 112. The first-order valence-electron chi connectivity index (χ1n) is 1.64. The van der Waals surface area contributed by atoms with Crippen LogP contribution in [0.3, 0.4) is 0 Å². The molecular formula is C3H4N2Sn. The van der Waals surface area contributed by atoms with Gasteiger partial charge in [0.15, 0.2) is 0 Å². The fourth-order valence-corrected chi connectivity index (χ4v) is 0.686. The first-order valence-corrected chi connectivity index (χ1v) is 3.28. The van der Waals surface area contributed by atoms with E-state index in [2.05, 4.69) is 10.2 Å². The minimum absolute atomic E-state index is 1.16. The first kappa shape index (κ1) is 4.18. The molecule has 0 aliphatic heterocycles. The molecule has 2 radical (unpaired) electrons. The monoisotopic (exact) mass is 188 g/mol. The SMILES string of the molecule is [SnH][c]1cn[nH]c1. The molecule has 2 nitrogen and oxygen atoms in total. The van der Waals surface area contributed by atoms with Crippen LogP contribution in [-0.4, -0.2) is 32.7 Å². The molecule has 0 unspecified atom stereocenters. The number of hydrogen-bond donors (Lipinski definition) is 1. The Morgan fingerprint density at radius 1 is 1.83 bits per heavy atom. The molecule has 1 heterocycles. The van der Waals surface area contributed by atoms with Gasteiger partial charge >= 0.3 is 48.7 Å². The molecule has 1 aromatic rings. The Balaban J connectivity index is 3.05. The molecule has 0 spiro atoms. The summed E-state index contributed by atoms with van der Waals surface area (Å²) in [6.45, 7) is 0. The minimum atomic E-state index is 1.16. The third-order valence-corrected chi connectivity index (χ3v) is 1.42. The van der Waals surface area contributed by atoms with Crippen LogP contribution in [0.1, 0.15) is 0 Å². The van der Waals surface area contributed by atoms with Crippen molar-refractivity contribution < 1.29 is 0 Å². The zero-order chi connectivity index (χ0) is 4.41. The molecule has 30 valence electrons. The predicted molar refractivity (Wildman–Crippen MR) is 25.4 cm³/mol. The second-order valence-corrected chi connectivity index (χ2v) is 2.93. The van der Waals surface area contributed by atoms with Gasteiger partial charge in [0.05, 0.1) is 0 Å². The van der Waals surface area contributed by atoms with Crippen LogP contribution < -0.4 is 3.58 Å². The molecule has 1 N–H and O–H groups in total. The quantitative estimate of drug-likeness (QED) is 0.515. The summed E-state index contributed by atoms with van der Waals surface area (Å²) in [7, 11) is 0. The van der Waals surface area contributed by atoms with Crippen LogP contribution in [-0.2, 0) is 0 Å². The number of hydrogen-bond acceptors (Lipinski definition) is 1. The van der Waals surface area contributed by atoms with Gasteiger partial charge in [0.1, 0.15) is 0 Å². The van der Waals surface area contributed by atoms with Crippen molar-refractivity contribution in [1.82, 2.24) is 10.2 Å². The topological polar surface area (TPSA) is 28.7 Å². The van der Waals surface area contributed by atoms with Gasteiger partial charge in [0.25, 0.3) is 0 Å². The van der Waals surface area contributed by atoms with Gasteiger partial charge in [0, 0.05) is 0 Å². The molecule has 0 amide bonds. The number of aromatic amines is 1. The van der Waals surface area contributed by atoms with Crippen molar-refractivity contribution in [3.05, 3.63) is 12.4 Å². The summed E-state index contributed by atoms with van der Waals surface area (Å²) in [5.41, 5.74) is 0. The Morgan fingerprint density at radius 2 is 2.67 bits per heavy atom. The third-order valence-electron chi connectivity index (χ3n) is 0.519. The molecule has 0 atom stereocenters. The van der Waals surface area contributed by atoms with E-state index in [0.29, 0.717) is 0 Å². The zero-order valence-electron chi connectivity index (χ0n) is 3.18. The second kappa shape index (κ2) is 1.64. The normalized spacial score (nSPS) is 8.83. The summed E-state index contributed by atoms with van der Waals surface area (Å²) >= 11 is 1.16. The second-order valence-electron chi connectivity index (χ2n) is 1.03. The molecule has 1 rings (SSSR count). The van der Waals surface area contributed by atoms with Gasteiger partial charge in [-0.05, 0) is 0 Å². The standard InChI is InChI=1S/C3H3N2.Sn.H/c1-2-4-5-3-1;;/h2-3H,(H,4,5);;. The van der Waals surface area contributed by atoms with Crippen molar-refractivity contribution >= 4 is 26.1 Å². The van der Waals surface area contributed by atoms with E-state index in [4.69, 9.17) is 0 Å². The van der Waals surface area contributed by atoms with E-state index < -0.39 is 0 Å². The Morgan fingerprint density at radius 3 is 2.83 bits per heavy atom. The Hall–Kier alpha value is 0.00870. The van der Waals surface area contributed by atoms with Gasteiger partial charge in [-0.1, -0.05) is 0 Å². The van der Waals surface area contributed by atoms with E-state index in [1.807, 2.05) is 12.4 Å². The van der Waals surface area contributed by atoms with Crippen molar-refractivity contribution in [3.8, 4) is 0 Å². The number of aromatic nitrogens is 2. The van der Waals surface area contributed by atoms with Crippen LogP contribution >= 0.6 is 0 Å². The molecular weight excluding hydrogens is 183 g/mol. The van der Waals surface area contributed by atoms with Crippen molar-refractivity contribution in [2.24, 2.45) is 0 Å².